The van der Waals surface area contributed by atoms with Gasteiger partial charge in [0.1, 0.15) is 5.75 Å². The normalized spacial score (nSPS) is 10.3. The summed E-state index contributed by atoms with van der Waals surface area (Å²) in [5, 5.41) is 6.14. The molecule has 2 aromatic rings. The number of nitrogens with one attached hydrogen (secondary N) is 3. The third-order valence-corrected chi connectivity index (χ3v) is 2.92. The molecule has 0 fully saturated rings. The highest BCUT2D eigenvalue weighted by molar-refractivity contribution is 5.85. The van der Waals surface area contributed by atoms with Crippen LogP contribution in [0.2, 0.25) is 0 Å². The lowest BCUT2D eigenvalue weighted by Gasteiger charge is -2.04. The molecule has 6 nitrogen and oxygen atoms in total. The summed E-state index contributed by atoms with van der Waals surface area (Å²) in [5.41, 5.74) is 2.03. The van der Waals surface area contributed by atoms with Gasteiger partial charge in [0.2, 0.25) is 5.91 Å². The fourth-order valence-electron chi connectivity index (χ4n) is 1.96. The lowest BCUT2D eigenvalue weighted by atomic mass is 10.1. The SMILES string of the molecule is CNC(=O)Oc1ccc2[nH]cc(CCNC(C)=O)c2c1. The largest absolute Gasteiger partial charge is 0.412 e. The van der Waals surface area contributed by atoms with Crippen molar-refractivity contribution in [1.29, 1.82) is 0 Å². The molecular formula is C14H17N3O3. The van der Waals surface area contributed by atoms with Gasteiger partial charge in [-0.25, -0.2) is 4.79 Å². The molecule has 1 aromatic heterocycles. The Morgan fingerprint density at radius 1 is 1.35 bits per heavy atom. The van der Waals surface area contributed by atoms with Crippen LogP contribution in [0.25, 0.3) is 10.9 Å². The van der Waals surface area contributed by atoms with E-state index < -0.39 is 6.09 Å². The summed E-state index contributed by atoms with van der Waals surface area (Å²) in [6.45, 7) is 2.06. The van der Waals surface area contributed by atoms with Crippen LogP contribution in [-0.2, 0) is 11.2 Å². The summed E-state index contributed by atoms with van der Waals surface area (Å²) in [4.78, 5) is 25.2. The zero-order valence-electron chi connectivity index (χ0n) is 11.4. The molecule has 1 aromatic carbocycles. The van der Waals surface area contributed by atoms with Gasteiger partial charge in [-0.3, -0.25) is 4.79 Å². The summed E-state index contributed by atoms with van der Waals surface area (Å²) in [7, 11) is 1.51. The molecule has 0 saturated carbocycles. The molecule has 2 amide bonds. The predicted octanol–water partition coefficient (Wildman–Crippen LogP) is 1.56. The van der Waals surface area contributed by atoms with Crippen LogP contribution in [0.15, 0.2) is 24.4 Å². The molecule has 0 atom stereocenters. The molecular weight excluding hydrogens is 258 g/mol. The van der Waals surface area contributed by atoms with Crippen LogP contribution in [0.1, 0.15) is 12.5 Å². The van der Waals surface area contributed by atoms with Gasteiger partial charge in [0, 0.05) is 37.6 Å². The Morgan fingerprint density at radius 2 is 2.15 bits per heavy atom. The maximum Gasteiger partial charge on any atom is 0.412 e. The number of rotatable bonds is 4. The number of benzene rings is 1. The minimum absolute atomic E-state index is 0.0477. The van der Waals surface area contributed by atoms with E-state index in [4.69, 9.17) is 4.74 Å². The van der Waals surface area contributed by atoms with Crippen molar-refractivity contribution in [2.45, 2.75) is 13.3 Å². The van der Waals surface area contributed by atoms with E-state index >= 15 is 0 Å². The van der Waals surface area contributed by atoms with Crippen molar-refractivity contribution in [1.82, 2.24) is 15.6 Å². The molecule has 6 heteroatoms. The molecule has 0 spiro atoms. The quantitative estimate of drug-likeness (QED) is 0.792. The van der Waals surface area contributed by atoms with Crippen molar-refractivity contribution in [2.24, 2.45) is 0 Å². The molecule has 1 heterocycles. The van der Waals surface area contributed by atoms with Crippen LogP contribution in [0, 0.1) is 0 Å². The number of carbonyl (C=O) groups excluding carboxylic acids is 2. The second-order valence-electron chi connectivity index (χ2n) is 4.39. The van der Waals surface area contributed by atoms with Crippen LogP contribution < -0.4 is 15.4 Å². The molecule has 0 saturated heterocycles. The van der Waals surface area contributed by atoms with Crippen molar-refractivity contribution in [3.63, 3.8) is 0 Å². The van der Waals surface area contributed by atoms with Gasteiger partial charge in [-0.05, 0) is 30.2 Å². The molecule has 0 radical (unpaired) electrons. The third-order valence-electron chi connectivity index (χ3n) is 2.92. The minimum Gasteiger partial charge on any atom is -0.410 e. The van der Waals surface area contributed by atoms with Crippen LogP contribution in [0.4, 0.5) is 4.79 Å². The number of aromatic nitrogens is 1. The number of hydrogen-bond acceptors (Lipinski definition) is 3. The average molecular weight is 275 g/mol. The lowest BCUT2D eigenvalue weighted by molar-refractivity contribution is -0.118. The van der Waals surface area contributed by atoms with E-state index in [2.05, 4.69) is 15.6 Å². The highest BCUT2D eigenvalue weighted by atomic mass is 16.5. The van der Waals surface area contributed by atoms with Crippen molar-refractivity contribution < 1.29 is 14.3 Å². The smallest absolute Gasteiger partial charge is 0.410 e. The molecule has 0 aliphatic heterocycles. The van der Waals surface area contributed by atoms with Crippen LogP contribution in [0.3, 0.4) is 0 Å². The Bertz CT molecular complexity index is 634. The molecule has 3 N–H and O–H groups in total. The summed E-state index contributed by atoms with van der Waals surface area (Å²) in [6, 6.07) is 5.39. The Hall–Kier alpha value is -2.50. The Morgan fingerprint density at radius 3 is 2.85 bits per heavy atom. The maximum atomic E-state index is 11.2. The molecule has 20 heavy (non-hydrogen) atoms. The van der Waals surface area contributed by atoms with Gasteiger partial charge in [-0.1, -0.05) is 0 Å². The Balaban J connectivity index is 2.16. The Kier molecular flexibility index (Phi) is 4.24. The standard InChI is InChI=1S/C14H17N3O3/c1-9(18)16-6-5-10-8-17-13-4-3-11(7-12(10)13)20-14(19)15-2/h3-4,7-8,17H,5-6H2,1-2H3,(H,15,19)(H,16,18). The second kappa shape index (κ2) is 6.10. The second-order valence-corrected chi connectivity index (χ2v) is 4.39. The predicted molar refractivity (Wildman–Crippen MR) is 75.8 cm³/mol. The highest BCUT2D eigenvalue weighted by Gasteiger charge is 2.07. The number of H-pyrrole nitrogens is 1. The fraction of sp³-hybridized carbons (Fsp3) is 0.286. The van der Waals surface area contributed by atoms with Crippen molar-refractivity contribution in [3.8, 4) is 5.75 Å². The summed E-state index contributed by atoms with van der Waals surface area (Å²) < 4.78 is 5.11. The van der Waals surface area contributed by atoms with E-state index in [0.717, 1.165) is 16.5 Å². The van der Waals surface area contributed by atoms with E-state index in [-0.39, 0.29) is 5.91 Å². The van der Waals surface area contributed by atoms with Gasteiger partial charge in [-0.15, -0.1) is 0 Å². The van der Waals surface area contributed by atoms with E-state index in [1.807, 2.05) is 18.3 Å². The van der Waals surface area contributed by atoms with Gasteiger partial charge in [-0.2, -0.15) is 0 Å². The molecule has 2 rings (SSSR count). The van der Waals surface area contributed by atoms with E-state index in [0.29, 0.717) is 18.7 Å². The van der Waals surface area contributed by atoms with Crippen LogP contribution >= 0.6 is 0 Å². The number of aromatic amines is 1. The summed E-state index contributed by atoms with van der Waals surface area (Å²) >= 11 is 0. The minimum atomic E-state index is -0.500. The first kappa shape index (κ1) is 13.9. The molecule has 106 valence electrons. The zero-order valence-corrected chi connectivity index (χ0v) is 11.4. The van der Waals surface area contributed by atoms with Gasteiger partial charge in [0.05, 0.1) is 0 Å². The van der Waals surface area contributed by atoms with E-state index in [9.17, 15) is 9.59 Å². The monoisotopic (exact) mass is 275 g/mol. The first-order chi connectivity index (χ1) is 9.60. The number of carbonyl (C=O) groups is 2. The summed E-state index contributed by atoms with van der Waals surface area (Å²) in [6.07, 6.45) is 2.11. The third kappa shape index (κ3) is 3.28. The molecule has 0 aliphatic rings. The van der Waals surface area contributed by atoms with Gasteiger partial charge >= 0.3 is 6.09 Å². The Labute approximate surface area is 116 Å². The van der Waals surface area contributed by atoms with E-state index in [1.54, 1.807) is 6.07 Å². The van der Waals surface area contributed by atoms with Gasteiger partial charge in [0.25, 0.3) is 0 Å². The first-order valence-corrected chi connectivity index (χ1v) is 6.34. The van der Waals surface area contributed by atoms with Crippen molar-refractivity contribution in [3.05, 3.63) is 30.0 Å². The van der Waals surface area contributed by atoms with Gasteiger partial charge in [0.15, 0.2) is 0 Å². The van der Waals surface area contributed by atoms with Crippen LogP contribution in [0.5, 0.6) is 5.75 Å². The fourth-order valence-corrected chi connectivity index (χ4v) is 1.96. The number of hydrogen-bond donors (Lipinski definition) is 3. The maximum absolute atomic E-state index is 11.2. The number of ether oxygens (including phenoxy) is 1. The highest BCUT2D eigenvalue weighted by Crippen LogP contribution is 2.24. The van der Waals surface area contributed by atoms with Gasteiger partial charge < -0.3 is 20.4 Å². The topological polar surface area (TPSA) is 83.2 Å². The number of fused-ring (bicyclic) bond motifs is 1. The van der Waals surface area contributed by atoms with Crippen LogP contribution in [-0.4, -0.2) is 30.6 Å². The average Bonchev–Trinajstić information content (AvgIpc) is 2.81. The zero-order chi connectivity index (χ0) is 14.5. The number of amides is 2. The van der Waals surface area contributed by atoms with E-state index in [1.165, 1.54) is 14.0 Å². The first-order valence-electron chi connectivity index (χ1n) is 6.34. The summed E-state index contributed by atoms with van der Waals surface area (Å²) in [5.74, 6) is 0.436. The van der Waals surface area contributed by atoms with Crippen molar-refractivity contribution in [2.75, 3.05) is 13.6 Å². The molecule has 0 bridgehead atoms. The van der Waals surface area contributed by atoms with Crippen molar-refractivity contribution >= 4 is 22.9 Å². The lowest BCUT2D eigenvalue weighted by Crippen LogP contribution is -2.22. The molecule has 0 unspecified atom stereocenters. The molecule has 0 aliphatic carbocycles.